The summed E-state index contributed by atoms with van der Waals surface area (Å²) < 4.78 is 22.8. The Morgan fingerprint density at radius 3 is 2.31 bits per heavy atom. The van der Waals surface area contributed by atoms with E-state index in [1.165, 1.54) is 0 Å². The number of carboxylic acid groups (broad SMARTS) is 1. The molecule has 0 amide bonds. The largest absolute Gasteiger partial charge is 0.478 e. The fourth-order valence-corrected chi connectivity index (χ4v) is 7.70. The van der Waals surface area contributed by atoms with Gasteiger partial charge in [0.2, 0.25) is 0 Å². The average molecular weight is 547 g/mol. The zero-order chi connectivity index (χ0) is 28.1. The predicted octanol–water partition coefficient (Wildman–Crippen LogP) is 3.15. The fraction of sp³-hybridized carbons (Fsp3) is 0.767. The minimum Gasteiger partial charge on any atom is -0.478 e. The second kappa shape index (κ2) is 10.6. The van der Waals surface area contributed by atoms with Gasteiger partial charge in [0.1, 0.15) is 24.4 Å². The first kappa shape index (κ1) is 28.3. The van der Waals surface area contributed by atoms with Crippen molar-refractivity contribution in [3.8, 4) is 0 Å². The molecule has 0 aromatic carbocycles. The summed E-state index contributed by atoms with van der Waals surface area (Å²) in [6, 6.07) is 0. The van der Waals surface area contributed by atoms with Crippen LogP contribution in [0.1, 0.15) is 53.4 Å². The van der Waals surface area contributed by atoms with Gasteiger partial charge in [0, 0.05) is 5.92 Å². The highest BCUT2D eigenvalue weighted by molar-refractivity contribution is 5.90. The number of fused-ring (bicyclic) bond motifs is 3. The molecule has 0 radical (unpaired) electrons. The van der Waals surface area contributed by atoms with E-state index in [1.807, 2.05) is 6.08 Å². The van der Waals surface area contributed by atoms with E-state index >= 15 is 0 Å². The van der Waals surface area contributed by atoms with Gasteiger partial charge in [-0.25, -0.2) is 9.59 Å². The monoisotopic (exact) mass is 546 g/mol. The fourth-order valence-electron chi connectivity index (χ4n) is 7.70. The smallest absolute Gasteiger partial charge is 0.337 e. The molecular formula is C30H42O9. The number of allylic oxidation sites excluding steroid dienone is 2. The van der Waals surface area contributed by atoms with E-state index in [4.69, 9.17) is 18.9 Å². The number of esters is 2. The summed E-state index contributed by atoms with van der Waals surface area (Å²) in [5.41, 5.74) is -1.36. The van der Waals surface area contributed by atoms with E-state index in [9.17, 15) is 24.6 Å². The molecule has 216 valence electrons. The van der Waals surface area contributed by atoms with Gasteiger partial charge in [0.05, 0.1) is 36.9 Å². The summed E-state index contributed by atoms with van der Waals surface area (Å²) in [5, 5.41) is 21.4. The zero-order valence-corrected chi connectivity index (χ0v) is 23.4. The number of aliphatic hydroxyl groups is 1. The first-order valence-electron chi connectivity index (χ1n) is 14.4. The molecule has 2 saturated carbocycles. The average Bonchev–Trinajstić information content (AvgIpc) is 3.69. The number of rotatable bonds is 6. The topological polar surface area (TPSA) is 132 Å². The van der Waals surface area contributed by atoms with Crippen LogP contribution in [0.3, 0.4) is 0 Å². The number of ether oxygens (including phenoxy) is 4. The molecule has 3 aliphatic heterocycles. The Labute approximate surface area is 229 Å². The van der Waals surface area contributed by atoms with Crippen LogP contribution in [0.15, 0.2) is 23.3 Å². The molecule has 39 heavy (non-hydrogen) atoms. The van der Waals surface area contributed by atoms with Gasteiger partial charge < -0.3 is 29.2 Å². The van der Waals surface area contributed by atoms with Gasteiger partial charge in [0.15, 0.2) is 0 Å². The van der Waals surface area contributed by atoms with E-state index in [0.29, 0.717) is 30.9 Å². The number of carbonyl (C=O) groups is 3. The van der Waals surface area contributed by atoms with Gasteiger partial charge in [-0.1, -0.05) is 39.8 Å². The summed E-state index contributed by atoms with van der Waals surface area (Å²) >= 11 is 0. The Hall–Kier alpha value is -2.23. The lowest BCUT2D eigenvalue weighted by Gasteiger charge is -2.47. The second-order valence-electron chi connectivity index (χ2n) is 13.0. The number of hydrogen-bond acceptors (Lipinski definition) is 8. The standard InChI is InChI=1S/C30H42O9/c1-16(2)20-5-7-29(35,24-13-36-11-18(26(31)32)9-22(20)24)14-38-27(33)19-10-23-21(17(3)4)6-8-30(15-39-30)25(23)28(34)37-12-19/h9-10,16-17,20-25,35H,5-8,11-15H2,1-4H3,(H,31,32). The minimum absolute atomic E-state index is 0.0218. The molecule has 2 aliphatic carbocycles. The molecule has 3 fully saturated rings. The maximum Gasteiger partial charge on any atom is 0.337 e. The predicted molar refractivity (Wildman–Crippen MR) is 139 cm³/mol. The molecule has 1 spiro atoms. The van der Waals surface area contributed by atoms with Crippen LogP contribution in [0, 0.1) is 47.3 Å². The number of aliphatic carboxylic acids is 1. The third-order valence-electron chi connectivity index (χ3n) is 10.1. The van der Waals surface area contributed by atoms with Crippen molar-refractivity contribution in [1.29, 1.82) is 0 Å². The summed E-state index contributed by atoms with van der Waals surface area (Å²) in [7, 11) is 0. The highest BCUT2D eigenvalue weighted by Crippen LogP contribution is 2.54. The molecule has 0 aromatic heterocycles. The number of epoxide rings is 1. The van der Waals surface area contributed by atoms with E-state index < -0.39 is 35.0 Å². The van der Waals surface area contributed by atoms with Gasteiger partial charge in [0.25, 0.3) is 0 Å². The molecule has 0 aromatic rings. The maximum absolute atomic E-state index is 13.4. The van der Waals surface area contributed by atoms with Crippen molar-refractivity contribution in [2.45, 2.75) is 64.6 Å². The maximum atomic E-state index is 13.4. The molecule has 0 bridgehead atoms. The van der Waals surface area contributed by atoms with Crippen LogP contribution in [0.25, 0.3) is 0 Å². The Morgan fingerprint density at radius 1 is 1.03 bits per heavy atom. The van der Waals surface area contributed by atoms with E-state index in [2.05, 4.69) is 27.7 Å². The van der Waals surface area contributed by atoms with E-state index in [-0.39, 0.29) is 67.6 Å². The second-order valence-corrected chi connectivity index (χ2v) is 13.0. The Bertz CT molecular complexity index is 1050. The summed E-state index contributed by atoms with van der Waals surface area (Å²) in [6.07, 6.45) is 6.43. The van der Waals surface area contributed by atoms with E-state index in [0.717, 1.165) is 12.8 Å². The molecule has 5 rings (SSSR count). The van der Waals surface area contributed by atoms with Crippen LogP contribution in [0.2, 0.25) is 0 Å². The molecule has 5 aliphatic rings. The Balaban J connectivity index is 1.35. The zero-order valence-electron chi connectivity index (χ0n) is 23.4. The highest BCUT2D eigenvalue weighted by atomic mass is 16.6. The first-order valence-corrected chi connectivity index (χ1v) is 14.4. The lowest BCUT2D eigenvalue weighted by Crippen LogP contribution is -2.53. The number of hydrogen-bond donors (Lipinski definition) is 2. The van der Waals surface area contributed by atoms with Crippen molar-refractivity contribution >= 4 is 17.9 Å². The quantitative estimate of drug-likeness (QED) is 0.381. The van der Waals surface area contributed by atoms with Crippen molar-refractivity contribution in [3.63, 3.8) is 0 Å². The van der Waals surface area contributed by atoms with Gasteiger partial charge in [-0.05, 0) is 61.2 Å². The first-order chi connectivity index (χ1) is 18.5. The van der Waals surface area contributed by atoms with Crippen LogP contribution in [0.5, 0.6) is 0 Å². The molecule has 8 atom stereocenters. The lowest BCUT2D eigenvalue weighted by atomic mass is 9.61. The summed E-state index contributed by atoms with van der Waals surface area (Å²) in [6.45, 7) is 8.76. The molecule has 9 nitrogen and oxygen atoms in total. The van der Waals surface area contributed by atoms with Gasteiger partial charge >= 0.3 is 17.9 Å². The Kier molecular flexibility index (Phi) is 7.72. The van der Waals surface area contributed by atoms with Crippen molar-refractivity contribution < 1.29 is 43.5 Å². The number of cyclic esters (lactones) is 1. The van der Waals surface area contributed by atoms with Crippen molar-refractivity contribution in [1.82, 2.24) is 0 Å². The normalized spacial score (nSPS) is 40.0. The van der Waals surface area contributed by atoms with Gasteiger partial charge in [-0.15, -0.1) is 0 Å². The van der Waals surface area contributed by atoms with Crippen LogP contribution >= 0.6 is 0 Å². The lowest BCUT2D eigenvalue weighted by molar-refractivity contribution is -0.167. The van der Waals surface area contributed by atoms with Crippen LogP contribution in [0.4, 0.5) is 0 Å². The van der Waals surface area contributed by atoms with Crippen LogP contribution in [-0.4, -0.2) is 72.4 Å². The van der Waals surface area contributed by atoms with Crippen LogP contribution in [-0.2, 0) is 33.3 Å². The molecule has 3 heterocycles. The van der Waals surface area contributed by atoms with Crippen molar-refractivity contribution in [2.75, 3.05) is 33.0 Å². The number of carboxylic acids is 1. The molecule has 8 unspecified atom stereocenters. The molecule has 9 heteroatoms. The molecular weight excluding hydrogens is 504 g/mol. The molecule has 1 saturated heterocycles. The summed E-state index contributed by atoms with van der Waals surface area (Å²) in [4.78, 5) is 38.2. The summed E-state index contributed by atoms with van der Waals surface area (Å²) in [5.74, 6) is -2.18. The van der Waals surface area contributed by atoms with Gasteiger partial charge in [-0.2, -0.15) is 0 Å². The number of carbonyl (C=O) groups excluding carboxylic acids is 2. The minimum atomic E-state index is -1.36. The van der Waals surface area contributed by atoms with Crippen molar-refractivity contribution in [2.24, 2.45) is 47.3 Å². The SMILES string of the molecule is CC(C)C1CCC(O)(COC(=O)C2=CC3C(C(C)C)CCC4(CO4)C3C(=O)OC2)C2COCC(C(=O)O)=CC12. The van der Waals surface area contributed by atoms with Crippen LogP contribution < -0.4 is 0 Å². The third kappa shape index (κ3) is 5.30. The third-order valence-corrected chi connectivity index (χ3v) is 10.1. The Morgan fingerprint density at radius 2 is 1.67 bits per heavy atom. The van der Waals surface area contributed by atoms with E-state index in [1.54, 1.807) is 6.08 Å². The van der Waals surface area contributed by atoms with Crippen molar-refractivity contribution in [3.05, 3.63) is 23.3 Å². The highest BCUT2D eigenvalue weighted by Gasteiger charge is 2.62. The molecule has 2 N–H and O–H groups in total. The van der Waals surface area contributed by atoms with Gasteiger partial charge in [-0.3, -0.25) is 4.79 Å².